The molecule has 1 fully saturated rings. The Labute approximate surface area is 117 Å². The van der Waals surface area contributed by atoms with E-state index in [-0.39, 0.29) is 24.3 Å². The molecule has 0 aromatic carbocycles. The van der Waals surface area contributed by atoms with Gasteiger partial charge in [-0.05, 0) is 47.7 Å². The van der Waals surface area contributed by atoms with Crippen LogP contribution in [0.25, 0.3) is 0 Å². The third kappa shape index (κ3) is 6.10. The molecule has 3 nitrogen and oxygen atoms in total. The van der Waals surface area contributed by atoms with E-state index in [0.29, 0.717) is 19.7 Å². The Morgan fingerprint density at radius 1 is 1.53 bits per heavy atom. The van der Waals surface area contributed by atoms with Crippen molar-refractivity contribution in [3.63, 3.8) is 0 Å². The molecule has 6 heteroatoms. The molecule has 0 aromatic rings. The fraction of sp³-hybridized carbons (Fsp3) is 1.00. The van der Waals surface area contributed by atoms with Crippen molar-refractivity contribution in [3.05, 3.63) is 0 Å². The van der Waals surface area contributed by atoms with Crippen molar-refractivity contribution in [2.75, 3.05) is 19.9 Å². The van der Waals surface area contributed by atoms with Gasteiger partial charge in [0.05, 0.1) is 31.9 Å². The first kappa shape index (κ1) is 16.0. The number of halogens is 2. The van der Waals surface area contributed by atoms with Crippen molar-refractivity contribution in [2.45, 2.75) is 44.8 Å². The Morgan fingerprint density at radius 2 is 2.24 bits per heavy atom. The van der Waals surface area contributed by atoms with E-state index in [1.54, 1.807) is 0 Å². The molecule has 2 unspecified atom stereocenters. The summed E-state index contributed by atoms with van der Waals surface area (Å²) in [5.74, 6) is 0. The number of aliphatic hydroxyl groups is 1. The molecule has 1 aliphatic rings. The lowest BCUT2D eigenvalue weighted by Crippen LogP contribution is -2.35. The molecule has 1 aliphatic carbocycles. The normalized spacial score (nSPS) is 28.2. The fourth-order valence-corrected chi connectivity index (χ4v) is 2.67. The van der Waals surface area contributed by atoms with Crippen LogP contribution in [0.15, 0.2) is 0 Å². The summed E-state index contributed by atoms with van der Waals surface area (Å²) < 4.78 is 23.8. The molecule has 0 radical (unpaired) electrons. The van der Waals surface area contributed by atoms with Gasteiger partial charge in [-0.3, -0.25) is 4.39 Å². The molecule has 102 valence electrons. The van der Waals surface area contributed by atoms with Gasteiger partial charge in [0.1, 0.15) is 0 Å². The van der Waals surface area contributed by atoms with Crippen molar-refractivity contribution in [1.82, 2.24) is 0 Å². The highest BCUT2D eigenvalue weighted by atomic mass is 127. The summed E-state index contributed by atoms with van der Waals surface area (Å²) in [5.41, 5.74) is -0.374. The van der Waals surface area contributed by atoms with Crippen LogP contribution in [0.1, 0.15) is 32.6 Å². The molecule has 0 amide bonds. The van der Waals surface area contributed by atoms with Gasteiger partial charge in [-0.2, -0.15) is 0 Å². The Morgan fingerprint density at radius 3 is 2.76 bits per heavy atom. The van der Waals surface area contributed by atoms with Crippen molar-refractivity contribution >= 4 is 28.5 Å². The molecule has 0 bridgehead atoms. The Hall–Kier alpha value is 0.970. The van der Waals surface area contributed by atoms with Crippen LogP contribution in [-0.2, 0) is 9.26 Å². The first-order valence-electron chi connectivity index (χ1n) is 5.93. The van der Waals surface area contributed by atoms with Crippen LogP contribution < -0.4 is 0 Å². The van der Waals surface area contributed by atoms with Crippen LogP contribution in [-0.4, -0.2) is 37.2 Å². The zero-order valence-electron chi connectivity index (χ0n) is 10.1. The van der Waals surface area contributed by atoms with E-state index >= 15 is 0 Å². The average molecular weight is 378 g/mol. The van der Waals surface area contributed by atoms with Crippen molar-refractivity contribution < 1.29 is 18.8 Å². The lowest BCUT2D eigenvalue weighted by molar-refractivity contribution is -0.0732. The van der Waals surface area contributed by atoms with Gasteiger partial charge >= 0.3 is 0 Å². The summed E-state index contributed by atoms with van der Waals surface area (Å²) in [6.07, 6.45) is 3.17. The summed E-state index contributed by atoms with van der Waals surface area (Å²) in [4.78, 5) is 0. The molecular weight excluding hydrogens is 357 g/mol. The average Bonchev–Trinajstić information content (AvgIpc) is 2.29. The predicted octanol–water partition coefficient (Wildman–Crippen LogP) is 3.24. The van der Waals surface area contributed by atoms with E-state index in [0.717, 1.165) is 25.7 Å². The topological polar surface area (TPSA) is 38.7 Å². The van der Waals surface area contributed by atoms with Gasteiger partial charge in [-0.15, -0.1) is 0 Å². The molecule has 0 heterocycles. The molecule has 0 aromatic heterocycles. The van der Waals surface area contributed by atoms with Gasteiger partial charge in [-0.1, -0.05) is 6.92 Å². The summed E-state index contributed by atoms with van der Waals surface area (Å²) in [6, 6.07) is 0. The first-order chi connectivity index (χ1) is 8.09. The molecule has 1 N–H and O–H groups in total. The number of hydrogen-bond acceptors (Lipinski definition) is 3. The fourth-order valence-electron chi connectivity index (χ4n) is 1.80. The van der Waals surface area contributed by atoms with Gasteiger partial charge < -0.3 is 14.4 Å². The summed E-state index contributed by atoms with van der Waals surface area (Å²) in [5, 5.41) is 9.09. The van der Waals surface area contributed by atoms with Crippen molar-refractivity contribution in [2.24, 2.45) is 5.41 Å². The zero-order chi connectivity index (χ0) is 12.7. The molecule has 17 heavy (non-hydrogen) atoms. The summed E-state index contributed by atoms with van der Waals surface area (Å²) in [7, 11) is 0. The van der Waals surface area contributed by atoms with E-state index < -0.39 is 0 Å². The summed E-state index contributed by atoms with van der Waals surface area (Å²) in [6.45, 7) is 3.08. The molecule has 2 atom stereocenters. The summed E-state index contributed by atoms with van der Waals surface area (Å²) >= 11 is 2.15. The maximum absolute atomic E-state index is 12.9. The largest absolute Gasteiger partial charge is 0.393 e. The standard InChI is InChI=1S/C11H21FIO3P/c1-11(7-12,8-16-17-13)3-2-4-15-10-5-9(14)6-10/h9-10,14,17H,2-8H2,1H3. The molecular formula is C11H21FIO3P. The van der Waals surface area contributed by atoms with Crippen LogP contribution in [0.4, 0.5) is 4.39 Å². The monoisotopic (exact) mass is 378 g/mol. The molecule has 1 rings (SSSR count). The van der Waals surface area contributed by atoms with Gasteiger partial charge in [-0.25, -0.2) is 0 Å². The number of hydrogen-bond donors (Lipinski definition) is 1. The Kier molecular flexibility index (Phi) is 7.73. The van der Waals surface area contributed by atoms with Crippen LogP contribution >= 0.6 is 28.5 Å². The SMILES string of the molecule is CC(CF)(CCCOC1CC(O)C1)COPI. The van der Waals surface area contributed by atoms with Gasteiger partial charge in [0.15, 0.2) is 0 Å². The maximum Gasteiger partial charge on any atom is 0.0970 e. The highest BCUT2D eigenvalue weighted by molar-refractivity contribution is 14.2. The minimum atomic E-state index is -0.374. The minimum absolute atomic E-state index is 0.172. The zero-order valence-corrected chi connectivity index (χ0v) is 13.3. The van der Waals surface area contributed by atoms with Crippen LogP contribution in [0.3, 0.4) is 0 Å². The second kappa shape index (κ2) is 8.20. The molecule has 0 saturated heterocycles. The number of aliphatic hydroxyl groups excluding tert-OH is 1. The maximum atomic E-state index is 12.9. The highest BCUT2D eigenvalue weighted by Gasteiger charge is 2.28. The predicted molar refractivity (Wildman–Crippen MR) is 76.6 cm³/mol. The number of ether oxygens (including phenoxy) is 1. The van der Waals surface area contributed by atoms with Crippen LogP contribution in [0.5, 0.6) is 0 Å². The first-order valence-corrected chi connectivity index (χ1v) is 9.95. The Bertz CT molecular complexity index is 217. The second-order valence-corrected chi connectivity index (χ2v) is 6.80. The molecule has 0 spiro atoms. The smallest absolute Gasteiger partial charge is 0.0970 e. The number of alkyl halides is 1. The van der Waals surface area contributed by atoms with Gasteiger partial charge in [0.25, 0.3) is 0 Å². The van der Waals surface area contributed by atoms with E-state index in [4.69, 9.17) is 14.4 Å². The van der Waals surface area contributed by atoms with E-state index in [9.17, 15) is 4.39 Å². The quantitative estimate of drug-likeness (QED) is 0.380. The lowest BCUT2D eigenvalue weighted by atomic mass is 9.88. The van der Waals surface area contributed by atoms with Gasteiger partial charge in [0, 0.05) is 12.0 Å². The van der Waals surface area contributed by atoms with E-state index in [2.05, 4.69) is 22.0 Å². The lowest BCUT2D eigenvalue weighted by Gasteiger charge is -2.32. The molecule has 0 aliphatic heterocycles. The van der Waals surface area contributed by atoms with E-state index in [1.807, 2.05) is 6.92 Å². The second-order valence-electron chi connectivity index (χ2n) is 5.03. The van der Waals surface area contributed by atoms with Crippen LogP contribution in [0, 0.1) is 5.41 Å². The van der Waals surface area contributed by atoms with E-state index in [1.165, 1.54) is 0 Å². The highest BCUT2D eigenvalue weighted by Crippen LogP contribution is 2.31. The van der Waals surface area contributed by atoms with Crippen molar-refractivity contribution in [3.8, 4) is 0 Å². The van der Waals surface area contributed by atoms with Gasteiger partial charge in [0.2, 0.25) is 0 Å². The molecule has 1 saturated carbocycles. The van der Waals surface area contributed by atoms with Crippen molar-refractivity contribution in [1.29, 1.82) is 0 Å². The number of rotatable bonds is 9. The minimum Gasteiger partial charge on any atom is -0.393 e. The third-order valence-electron chi connectivity index (χ3n) is 3.15. The Balaban J connectivity index is 2.06. The third-order valence-corrected chi connectivity index (χ3v) is 4.33. The van der Waals surface area contributed by atoms with Crippen LogP contribution in [0.2, 0.25) is 0 Å².